The smallest absolute Gasteiger partial charge is 0.326 e. The molecule has 0 aromatic carbocycles. The molecule has 0 spiro atoms. The van der Waals surface area contributed by atoms with Crippen molar-refractivity contribution in [3.63, 3.8) is 0 Å². The Balaban J connectivity index is 2.44. The normalized spacial score (nSPS) is 21.5. The van der Waals surface area contributed by atoms with Crippen molar-refractivity contribution in [3.8, 4) is 0 Å². The molecule has 1 unspecified atom stereocenters. The minimum Gasteiger partial charge on any atom is -0.468 e. The van der Waals surface area contributed by atoms with Gasteiger partial charge in [-0.05, 0) is 26.8 Å². The highest BCUT2D eigenvalue weighted by Crippen LogP contribution is 2.24. The summed E-state index contributed by atoms with van der Waals surface area (Å²) in [6, 6.07) is 0.600. The summed E-state index contributed by atoms with van der Waals surface area (Å²) < 4.78 is 4.66. The molecule has 0 amide bonds. The van der Waals surface area contributed by atoms with E-state index in [-0.39, 0.29) is 5.97 Å². The quantitative estimate of drug-likeness (QED) is 0.666. The van der Waals surface area contributed by atoms with Crippen LogP contribution in [0, 0.1) is 0 Å². The molecule has 4 nitrogen and oxygen atoms in total. The topological polar surface area (TPSA) is 55.6 Å². The van der Waals surface area contributed by atoms with Crippen molar-refractivity contribution in [2.24, 2.45) is 5.73 Å². The van der Waals surface area contributed by atoms with Gasteiger partial charge in [0.25, 0.3) is 0 Å². The number of hydrogen-bond donors (Lipinski definition) is 1. The van der Waals surface area contributed by atoms with Gasteiger partial charge in [-0.25, -0.2) is 0 Å². The molecular formula is C10H20N2O2. The van der Waals surface area contributed by atoms with E-state index in [1.165, 1.54) is 26.4 Å². The molecule has 0 bridgehead atoms. The van der Waals surface area contributed by atoms with Crippen molar-refractivity contribution in [1.29, 1.82) is 0 Å². The van der Waals surface area contributed by atoms with Crippen molar-refractivity contribution in [3.05, 3.63) is 0 Å². The summed E-state index contributed by atoms with van der Waals surface area (Å²) in [7, 11) is 3.38. The molecule has 1 rings (SSSR count). The van der Waals surface area contributed by atoms with E-state index in [2.05, 4.69) is 9.64 Å². The molecule has 0 radical (unpaired) electrons. The largest absolute Gasteiger partial charge is 0.468 e. The maximum absolute atomic E-state index is 11.3. The lowest BCUT2D eigenvalue weighted by Crippen LogP contribution is -2.56. The van der Waals surface area contributed by atoms with E-state index in [0.29, 0.717) is 12.6 Å². The molecule has 14 heavy (non-hydrogen) atoms. The third-order valence-corrected chi connectivity index (χ3v) is 2.93. The van der Waals surface area contributed by atoms with E-state index in [4.69, 9.17) is 5.73 Å². The Kier molecular flexibility index (Phi) is 3.50. The number of rotatable bonds is 4. The van der Waals surface area contributed by atoms with Crippen LogP contribution in [0.3, 0.4) is 0 Å². The van der Waals surface area contributed by atoms with Gasteiger partial charge in [0.15, 0.2) is 0 Å². The number of carbonyl (C=O) groups is 1. The van der Waals surface area contributed by atoms with Crippen molar-refractivity contribution >= 4 is 5.97 Å². The highest BCUT2D eigenvalue weighted by molar-refractivity contribution is 5.80. The number of nitrogens with zero attached hydrogens (tertiary/aromatic N) is 1. The fraction of sp³-hybridized carbons (Fsp3) is 0.900. The minimum absolute atomic E-state index is 0.344. The highest BCUT2D eigenvalue weighted by Gasteiger charge is 2.34. The SMILES string of the molecule is COC(=O)C(C)(N)CN(C)C1CCC1. The molecule has 2 N–H and O–H groups in total. The summed E-state index contributed by atoms with van der Waals surface area (Å²) in [6.45, 7) is 2.28. The van der Waals surface area contributed by atoms with Gasteiger partial charge < -0.3 is 15.4 Å². The lowest BCUT2D eigenvalue weighted by atomic mass is 9.90. The van der Waals surface area contributed by atoms with Crippen LogP contribution in [-0.2, 0) is 9.53 Å². The van der Waals surface area contributed by atoms with Crippen LogP contribution in [0.2, 0.25) is 0 Å². The Morgan fingerprint density at radius 1 is 1.64 bits per heavy atom. The Hall–Kier alpha value is -0.610. The number of esters is 1. The third kappa shape index (κ3) is 2.45. The average Bonchev–Trinajstić information content (AvgIpc) is 1.98. The van der Waals surface area contributed by atoms with Crippen LogP contribution in [-0.4, -0.2) is 43.2 Å². The molecule has 0 heterocycles. The zero-order chi connectivity index (χ0) is 10.8. The van der Waals surface area contributed by atoms with Crippen LogP contribution in [0.25, 0.3) is 0 Å². The molecule has 1 aliphatic rings. The molecule has 1 atom stereocenters. The lowest BCUT2D eigenvalue weighted by molar-refractivity contribution is -0.147. The molecule has 1 saturated carbocycles. The zero-order valence-electron chi connectivity index (χ0n) is 9.25. The number of hydrogen-bond acceptors (Lipinski definition) is 4. The third-order valence-electron chi connectivity index (χ3n) is 2.93. The fourth-order valence-electron chi connectivity index (χ4n) is 1.77. The van der Waals surface area contributed by atoms with Gasteiger partial charge in [0.1, 0.15) is 5.54 Å². The number of methoxy groups -OCH3 is 1. The summed E-state index contributed by atoms with van der Waals surface area (Å²) in [4.78, 5) is 13.5. The lowest BCUT2D eigenvalue weighted by Gasteiger charge is -2.38. The van der Waals surface area contributed by atoms with Gasteiger partial charge in [0, 0.05) is 12.6 Å². The second-order valence-electron chi connectivity index (χ2n) is 4.41. The predicted octanol–water partition coefficient (Wildman–Crippen LogP) is 0.361. The maximum Gasteiger partial charge on any atom is 0.326 e. The first kappa shape index (κ1) is 11.5. The summed E-state index contributed by atoms with van der Waals surface area (Å²) in [6.07, 6.45) is 3.72. The molecule has 1 aliphatic carbocycles. The van der Waals surface area contributed by atoms with E-state index >= 15 is 0 Å². The van der Waals surface area contributed by atoms with E-state index in [0.717, 1.165) is 0 Å². The first-order chi connectivity index (χ1) is 6.47. The Labute approximate surface area is 85.4 Å². The van der Waals surface area contributed by atoms with E-state index in [1.807, 2.05) is 7.05 Å². The van der Waals surface area contributed by atoms with Gasteiger partial charge in [0.05, 0.1) is 7.11 Å². The van der Waals surface area contributed by atoms with Gasteiger partial charge in [-0.2, -0.15) is 0 Å². The maximum atomic E-state index is 11.3. The molecule has 0 aromatic rings. The van der Waals surface area contributed by atoms with Crippen molar-refractivity contribution < 1.29 is 9.53 Å². The van der Waals surface area contributed by atoms with Crippen LogP contribution in [0.4, 0.5) is 0 Å². The van der Waals surface area contributed by atoms with Gasteiger partial charge in [-0.1, -0.05) is 6.42 Å². The Bertz CT molecular complexity index is 212. The number of ether oxygens (including phenoxy) is 1. The second-order valence-corrected chi connectivity index (χ2v) is 4.41. The monoisotopic (exact) mass is 200 g/mol. The fourth-order valence-corrected chi connectivity index (χ4v) is 1.77. The molecule has 0 aliphatic heterocycles. The Morgan fingerprint density at radius 2 is 2.21 bits per heavy atom. The van der Waals surface area contributed by atoms with Crippen LogP contribution in [0.5, 0.6) is 0 Å². The molecule has 0 aromatic heterocycles. The predicted molar refractivity (Wildman–Crippen MR) is 54.9 cm³/mol. The Morgan fingerprint density at radius 3 is 2.57 bits per heavy atom. The number of carbonyl (C=O) groups excluding carboxylic acids is 1. The van der Waals surface area contributed by atoms with Gasteiger partial charge in [-0.3, -0.25) is 4.79 Å². The standard InChI is InChI=1S/C10H20N2O2/c1-10(11,9(13)14-3)7-12(2)8-5-4-6-8/h8H,4-7,11H2,1-3H3. The summed E-state index contributed by atoms with van der Waals surface area (Å²) >= 11 is 0. The first-order valence-electron chi connectivity index (χ1n) is 5.05. The van der Waals surface area contributed by atoms with Gasteiger partial charge >= 0.3 is 5.97 Å². The van der Waals surface area contributed by atoms with Crippen molar-refractivity contribution in [2.75, 3.05) is 20.7 Å². The van der Waals surface area contributed by atoms with Crippen molar-refractivity contribution in [2.45, 2.75) is 37.8 Å². The summed E-state index contributed by atoms with van der Waals surface area (Å²) in [5.41, 5.74) is 4.98. The van der Waals surface area contributed by atoms with Gasteiger partial charge in [-0.15, -0.1) is 0 Å². The van der Waals surface area contributed by atoms with E-state index in [1.54, 1.807) is 6.92 Å². The van der Waals surface area contributed by atoms with Crippen molar-refractivity contribution in [1.82, 2.24) is 4.90 Å². The first-order valence-corrected chi connectivity index (χ1v) is 5.05. The number of nitrogens with two attached hydrogens (primary N) is 1. The van der Waals surface area contributed by atoms with Crippen LogP contribution < -0.4 is 5.73 Å². The molecule has 1 fully saturated rings. The summed E-state index contributed by atoms with van der Waals surface area (Å²) in [5.74, 6) is -0.344. The van der Waals surface area contributed by atoms with E-state index < -0.39 is 5.54 Å². The molecule has 82 valence electrons. The highest BCUT2D eigenvalue weighted by atomic mass is 16.5. The second kappa shape index (κ2) is 4.28. The molecule has 4 heteroatoms. The minimum atomic E-state index is -0.890. The molecule has 0 saturated heterocycles. The van der Waals surface area contributed by atoms with Crippen LogP contribution in [0.1, 0.15) is 26.2 Å². The zero-order valence-corrected chi connectivity index (χ0v) is 9.25. The number of likely N-dealkylation sites (N-methyl/N-ethyl adjacent to an activating group) is 1. The average molecular weight is 200 g/mol. The van der Waals surface area contributed by atoms with Crippen LogP contribution >= 0.6 is 0 Å². The van der Waals surface area contributed by atoms with E-state index in [9.17, 15) is 4.79 Å². The van der Waals surface area contributed by atoms with Gasteiger partial charge in [0.2, 0.25) is 0 Å². The summed E-state index contributed by atoms with van der Waals surface area (Å²) in [5, 5.41) is 0. The van der Waals surface area contributed by atoms with Crippen LogP contribution in [0.15, 0.2) is 0 Å². The molecular weight excluding hydrogens is 180 g/mol.